The molecule has 90 valence electrons. The minimum absolute atomic E-state index is 0.713. The van der Waals surface area contributed by atoms with E-state index in [1.165, 1.54) is 12.8 Å². The molecule has 1 aliphatic carbocycles. The van der Waals surface area contributed by atoms with Gasteiger partial charge < -0.3 is 5.32 Å². The van der Waals surface area contributed by atoms with Crippen LogP contribution in [-0.2, 0) is 0 Å². The van der Waals surface area contributed by atoms with E-state index in [9.17, 15) is 0 Å². The molecule has 1 fully saturated rings. The molecule has 0 saturated heterocycles. The molecule has 0 unspecified atom stereocenters. The van der Waals surface area contributed by atoms with E-state index in [2.05, 4.69) is 23.2 Å². The maximum atomic E-state index is 8.81. The third-order valence-corrected chi connectivity index (χ3v) is 3.19. The van der Waals surface area contributed by atoms with E-state index in [0.29, 0.717) is 5.56 Å². The van der Waals surface area contributed by atoms with Crippen molar-refractivity contribution in [2.75, 3.05) is 25.0 Å². The van der Waals surface area contributed by atoms with Crippen molar-refractivity contribution in [1.82, 2.24) is 4.90 Å². The molecule has 1 aliphatic rings. The van der Waals surface area contributed by atoms with Gasteiger partial charge in [-0.25, -0.2) is 0 Å². The molecule has 0 amide bonds. The molecule has 0 heterocycles. The third-order valence-electron chi connectivity index (χ3n) is 3.19. The number of anilines is 1. The van der Waals surface area contributed by atoms with Gasteiger partial charge in [0.25, 0.3) is 0 Å². The molecular weight excluding hydrogens is 210 g/mol. The summed E-state index contributed by atoms with van der Waals surface area (Å²) in [5, 5.41) is 12.2. The number of nitrogens with zero attached hydrogens (tertiary/aromatic N) is 2. The first-order valence-electron chi connectivity index (χ1n) is 6.31. The number of nitrogens with one attached hydrogen (secondary N) is 1. The van der Waals surface area contributed by atoms with Gasteiger partial charge in [0.15, 0.2) is 0 Å². The number of benzene rings is 1. The van der Waals surface area contributed by atoms with Gasteiger partial charge in [-0.2, -0.15) is 5.26 Å². The summed E-state index contributed by atoms with van der Waals surface area (Å²) in [6, 6.07) is 10.6. The fourth-order valence-corrected chi connectivity index (χ4v) is 2.08. The van der Waals surface area contributed by atoms with Crippen molar-refractivity contribution in [2.24, 2.45) is 0 Å². The summed E-state index contributed by atoms with van der Waals surface area (Å²) in [4.78, 5) is 2.52. The Morgan fingerprint density at radius 2 is 2.29 bits per heavy atom. The lowest BCUT2D eigenvalue weighted by molar-refractivity contribution is 0.289. The third kappa shape index (κ3) is 3.47. The van der Waals surface area contributed by atoms with Crippen LogP contribution in [0.3, 0.4) is 0 Å². The number of hydrogen-bond acceptors (Lipinski definition) is 3. The Labute approximate surface area is 103 Å². The molecule has 17 heavy (non-hydrogen) atoms. The average Bonchev–Trinajstić information content (AvgIpc) is 3.19. The zero-order chi connectivity index (χ0) is 12.1. The summed E-state index contributed by atoms with van der Waals surface area (Å²) in [6.45, 7) is 5.37. The largest absolute Gasteiger partial charge is 0.384 e. The molecule has 3 nitrogen and oxygen atoms in total. The molecule has 0 spiro atoms. The quantitative estimate of drug-likeness (QED) is 0.814. The Bertz CT molecular complexity index is 404. The predicted molar refractivity (Wildman–Crippen MR) is 69.9 cm³/mol. The van der Waals surface area contributed by atoms with Crippen LogP contribution >= 0.6 is 0 Å². The molecule has 1 N–H and O–H groups in total. The lowest BCUT2D eigenvalue weighted by atomic mass is 10.2. The van der Waals surface area contributed by atoms with E-state index in [1.54, 1.807) is 0 Å². The van der Waals surface area contributed by atoms with E-state index < -0.39 is 0 Å². The Balaban J connectivity index is 1.79. The highest BCUT2D eigenvalue weighted by molar-refractivity contribution is 5.49. The second-order valence-corrected chi connectivity index (χ2v) is 4.48. The second kappa shape index (κ2) is 5.70. The van der Waals surface area contributed by atoms with Crippen molar-refractivity contribution in [1.29, 1.82) is 5.26 Å². The summed E-state index contributed by atoms with van der Waals surface area (Å²) in [7, 11) is 0. The summed E-state index contributed by atoms with van der Waals surface area (Å²) < 4.78 is 0. The molecule has 1 saturated carbocycles. The van der Waals surface area contributed by atoms with Crippen LogP contribution in [-0.4, -0.2) is 30.6 Å². The van der Waals surface area contributed by atoms with Crippen molar-refractivity contribution >= 4 is 5.69 Å². The maximum Gasteiger partial charge on any atom is 0.0992 e. The van der Waals surface area contributed by atoms with Crippen LogP contribution in [0.5, 0.6) is 0 Å². The first-order valence-corrected chi connectivity index (χ1v) is 6.31. The minimum Gasteiger partial charge on any atom is -0.384 e. The van der Waals surface area contributed by atoms with Crippen LogP contribution in [0.25, 0.3) is 0 Å². The van der Waals surface area contributed by atoms with E-state index >= 15 is 0 Å². The van der Waals surface area contributed by atoms with Crippen molar-refractivity contribution in [2.45, 2.75) is 25.8 Å². The van der Waals surface area contributed by atoms with Gasteiger partial charge in [0.2, 0.25) is 0 Å². The highest BCUT2D eigenvalue weighted by Crippen LogP contribution is 2.25. The molecule has 1 aromatic carbocycles. The standard InChI is InChI=1S/C14H19N3/c1-2-17(14-6-7-14)9-8-16-13-5-3-4-12(10-13)11-15/h3-5,10,14,16H,2,6-9H2,1H3. The fourth-order valence-electron chi connectivity index (χ4n) is 2.08. The highest BCUT2D eigenvalue weighted by Gasteiger charge is 2.26. The predicted octanol–water partition coefficient (Wildman–Crippen LogP) is 2.45. The number of likely N-dealkylation sites (N-methyl/N-ethyl adjacent to an activating group) is 1. The van der Waals surface area contributed by atoms with Crippen LogP contribution in [0.4, 0.5) is 5.69 Å². The van der Waals surface area contributed by atoms with Crippen molar-refractivity contribution in [3.8, 4) is 6.07 Å². The lowest BCUT2D eigenvalue weighted by Crippen LogP contribution is -2.30. The average molecular weight is 229 g/mol. The van der Waals surface area contributed by atoms with Gasteiger partial charge >= 0.3 is 0 Å². The molecule has 0 aliphatic heterocycles. The smallest absolute Gasteiger partial charge is 0.0992 e. The zero-order valence-electron chi connectivity index (χ0n) is 10.3. The lowest BCUT2D eigenvalue weighted by Gasteiger charge is -2.20. The van der Waals surface area contributed by atoms with Gasteiger partial charge in [0, 0.05) is 24.8 Å². The monoisotopic (exact) mass is 229 g/mol. The van der Waals surface area contributed by atoms with Gasteiger partial charge in [-0.1, -0.05) is 13.0 Å². The van der Waals surface area contributed by atoms with E-state index in [0.717, 1.165) is 31.4 Å². The Hall–Kier alpha value is -1.53. The normalized spacial score (nSPS) is 14.6. The summed E-state index contributed by atoms with van der Waals surface area (Å²) in [5.74, 6) is 0. The highest BCUT2D eigenvalue weighted by atomic mass is 15.2. The van der Waals surface area contributed by atoms with Crippen LogP contribution in [0.1, 0.15) is 25.3 Å². The van der Waals surface area contributed by atoms with Crippen LogP contribution in [0, 0.1) is 11.3 Å². The molecule has 1 aromatic rings. The zero-order valence-corrected chi connectivity index (χ0v) is 10.3. The topological polar surface area (TPSA) is 39.1 Å². The van der Waals surface area contributed by atoms with Crippen LogP contribution < -0.4 is 5.32 Å². The molecule has 3 heteroatoms. The Kier molecular flexibility index (Phi) is 4.00. The molecule has 0 atom stereocenters. The Morgan fingerprint density at radius 1 is 1.47 bits per heavy atom. The van der Waals surface area contributed by atoms with Gasteiger partial charge in [-0.15, -0.1) is 0 Å². The minimum atomic E-state index is 0.713. The molecule has 0 radical (unpaired) electrons. The van der Waals surface area contributed by atoms with Crippen molar-refractivity contribution in [3.05, 3.63) is 29.8 Å². The number of rotatable bonds is 6. The summed E-state index contributed by atoms with van der Waals surface area (Å²) in [6.07, 6.45) is 2.72. The van der Waals surface area contributed by atoms with Crippen LogP contribution in [0.15, 0.2) is 24.3 Å². The van der Waals surface area contributed by atoms with Gasteiger partial charge in [-0.3, -0.25) is 4.90 Å². The van der Waals surface area contributed by atoms with Gasteiger partial charge in [0.05, 0.1) is 11.6 Å². The molecule has 0 bridgehead atoms. The second-order valence-electron chi connectivity index (χ2n) is 4.48. The summed E-state index contributed by atoms with van der Waals surface area (Å²) in [5.41, 5.74) is 1.75. The van der Waals surface area contributed by atoms with Crippen molar-refractivity contribution in [3.63, 3.8) is 0 Å². The van der Waals surface area contributed by atoms with Gasteiger partial charge in [-0.05, 0) is 37.6 Å². The van der Waals surface area contributed by atoms with E-state index in [4.69, 9.17) is 5.26 Å². The number of hydrogen-bond donors (Lipinski definition) is 1. The van der Waals surface area contributed by atoms with Gasteiger partial charge in [0.1, 0.15) is 0 Å². The van der Waals surface area contributed by atoms with Crippen molar-refractivity contribution < 1.29 is 0 Å². The molecular formula is C14H19N3. The Morgan fingerprint density at radius 3 is 2.94 bits per heavy atom. The molecule has 0 aromatic heterocycles. The number of nitriles is 1. The molecule has 2 rings (SSSR count). The SMILES string of the molecule is CCN(CCNc1cccc(C#N)c1)C1CC1. The van der Waals surface area contributed by atoms with E-state index in [-0.39, 0.29) is 0 Å². The van der Waals surface area contributed by atoms with Crippen LogP contribution in [0.2, 0.25) is 0 Å². The first kappa shape index (κ1) is 11.9. The first-order chi connectivity index (χ1) is 8.33. The summed E-state index contributed by atoms with van der Waals surface area (Å²) >= 11 is 0. The maximum absolute atomic E-state index is 8.81. The fraction of sp³-hybridized carbons (Fsp3) is 0.500. The van der Waals surface area contributed by atoms with E-state index in [1.807, 2.05) is 24.3 Å².